The summed E-state index contributed by atoms with van der Waals surface area (Å²) in [7, 11) is 0. The van der Waals surface area contributed by atoms with Gasteiger partial charge in [-0.1, -0.05) is 26.0 Å². The predicted octanol–water partition coefficient (Wildman–Crippen LogP) is 1.97. The van der Waals surface area contributed by atoms with Gasteiger partial charge in [-0.2, -0.15) is 0 Å². The molecule has 1 heteroatoms. The lowest BCUT2D eigenvalue weighted by atomic mass is 10.1. The fraction of sp³-hybridized carbons (Fsp3) is 0.750. The molecule has 0 aliphatic rings. The molecule has 0 unspecified atom stereocenters. The average molecular weight is 128 g/mol. The van der Waals surface area contributed by atoms with E-state index in [1.165, 1.54) is 0 Å². The molecule has 0 atom stereocenters. The summed E-state index contributed by atoms with van der Waals surface area (Å²) in [5.74, 6) is 0.736. The van der Waals surface area contributed by atoms with Gasteiger partial charge in [-0.05, 0) is 18.8 Å². The fourth-order valence-corrected chi connectivity index (χ4v) is 0.561. The van der Waals surface area contributed by atoms with Crippen molar-refractivity contribution in [2.24, 2.45) is 5.92 Å². The maximum Gasteiger partial charge on any atom is 0.0465 e. The third-order valence-electron chi connectivity index (χ3n) is 1.07. The predicted molar refractivity (Wildman–Crippen MR) is 40.3 cm³/mol. The van der Waals surface area contributed by atoms with E-state index in [0.717, 1.165) is 18.8 Å². The molecule has 0 aliphatic carbocycles. The van der Waals surface area contributed by atoms with Crippen LogP contribution in [-0.2, 0) is 0 Å². The molecule has 0 saturated heterocycles. The number of aliphatic hydroxyl groups is 1. The highest BCUT2D eigenvalue weighted by Crippen LogP contribution is 1.99. The van der Waals surface area contributed by atoms with Crippen LogP contribution in [0.15, 0.2) is 12.2 Å². The summed E-state index contributed by atoms with van der Waals surface area (Å²) in [6.45, 7) is 4.64. The van der Waals surface area contributed by atoms with Crippen molar-refractivity contribution in [3.05, 3.63) is 12.2 Å². The Morgan fingerprint density at radius 3 is 2.44 bits per heavy atom. The third-order valence-corrected chi connectivity index (χ3v) is 1.07. The molecule has 0 aromatic heterocycles. The number of allylic oxidation sites excluding steroid dienone is 1. The summed E-state index contributed by atoms with van der Waals surface area (Å²) in [5, 5.41) is 8.38. The van der Waals surface area contributed by atoms with Crippen LogP contribution in [-0.4, -0.2) is 11.7 Å². The minimum Gasteiger partial charge on any atom is -0.396 e. The lowest BCUT2D eigenvalue weighted by molar-refractivity contribution is 0.302. The van der Waals surface area contributed by atoms with Crippen LogP contribution in [0.1, 0.15) is 26.7 Å². The van der Waals surface area contributed by atoms with Gasteiger partial charge in [0.1, 0.15) is 0 Å². The smallest absolute Gasteiger partial charge is 0.0465 e. The molecule has 1 N–H and O–H groups in total. The number of hydrogen-bond acceptors (Lipinski definition) is 1. The van der Waals surface area contributed by atoms with E-state index < -0.39 is 0 Å². The van der Waals surface area contributed by atoms with E-state index in [-0.39, 0.29) is 6.61 Å². The van der Waals surface area contributed by atoms with Crippen molar-refractivity contribution in [1.29, 1.82) is 0 Å². The summed E-state index contributed by atoms with van der Waals surface area (Å²) < 4.78 is 0. The first-order chi connectivity index (χ1) is 4.27. The van der Waals surface area contributed by atoms with Crippen molar-refractivity contribution >= 4 is 0 Å². The first-order valence-electron chi connectivity index (χ1n) is 3.53. The summed E-state index contributed by atoms with van der Waals surface area (Å²) >= 11 is 0. The SMILES string of the molecule is CC(C)C/C=C\CCO. The summed E-state index contributed by atoms with van der Waals surface area (Å²) in [4.78, 5) is 0. The Hall–Kier alpha value is -0.300. The number of aliphatic hydroxyl groups excluding tert-OH is 1. The standard InChI is InChI=1S/C8H16O/c1-8(2)6-4-3-5-7-9/h3-4,8-9H,5-7H2,1-2H3/b4-3-. The fourth-order valence-electron chi connectivity index (χ4n) is 0.561. The molecule has 0 aliphatic heterocycles. The second-order valence-corrected chi connectivity index (χ2v) is 2.61. The van der Waals surface area contributed by atoms with Gasteiger partial charge >= 0.3 is 0 Å². The molecule has 0 heterocycles. The van der Waals surface area contributed by atoms with E-state index in [1.807, 2.05) is 6.08 Å². The zero-order valence-electron chi connectivity index (χ0n) is 6.30. The Kier molecular flexibility index (Phi) is 5.64. The molecule has 0 radical (unpaired) electrons. The first kappa shape index (κ1) is 8.70. The molecule has 0 amide bonds. The van der Waals surface area contributed by atoms with E-state index in [9.17, 15) is 0 Å². The van der Waals surface area contributed by atoms with Crippen molar-refractivity contribution in [2.45, 2.75) is 26.7 Å². The van der Waals surface area contributed by atoms with Gasteiger partial charge in [0.2, 0.25) is 0 Å². The Morgan fingerprint density at radius 1 is 1.33 bits per heavy atom. The zero-order valence-corrected chi connectivity index (χ0v) is 6.30. The summed E-state index contributed by atoms with van der Waals surface area (Å²) in [5.41, 5.74) is 0. The second kappa shape index (κ2) is 5.83. The van der Waals surface area contributed by atoms with E-state index in [0.29, 0.717) is 0 Å². The monoisotopic (exact) mass is 128 g/mol. The first-order valence-corrected chi connectivity index (χ1v) is 3.53. The Balaban J connectivity index is 3.04. The number of rotatable bonds is 4. The van der Waals surface area contributed by atoms with Gasteiger partial charge < -0.3 is 5.11 Å². The highest BCUT2D eigenvalue weighted by atomic mass is 16.2. The Labute approximate surface area is 57.4 Å². The van der Waals surface area contributed by atoms with Gasteiger partial charge in [0, 0.05) is 6.61 Å². The van der Waals surface area contributed by atoms with Crippen LogP contribution in [0.5, 0.6) is 0 Å². The van der Waals surface area contributed by atoms with Crippen LogP contribution in [0, 0.1) is 5.92 Å². The molecule has 0 fully saturated rings. The summed E-state index contributed by atoms with van der Waals surface area (Å²) in [6.07, 6.45) is 6.08. The molecular weight excluding hydrogens is 112 g/mol. The van der Waals surface area contributed by atoms with Crippen molar-refractivity contribution in [1.82, 2.24) is 0 Å². The van der Waals surface area contributed by atoms with Crippen LogP contribution >= 0.6 is 0 Å². The van der Waals surface area contributed by atoms with Crippen LogP contribution < -0.4 is 0 Å². The van der Waals surface area contributed by atoms with Gasteiger partial charge in [-0.3, -0.25) is 0 Å². The van der Waals surface area contributed by atoms with E-state index >= 15 is 0 Å². The summed E-state index contributed by atoms with van der Waals surface area (Å²) in [6, 6.07) is 0. The number of hydrogen-bond donors (Lipinski definition) is 1. The minimum atomic E-state index is 0.272. The molecule has 0 saturated carbocycles. The molecule has 0 aromatic rings. The topological polar surface area (TPSA) is 20.2 Å². The highest BCUT2D eigenvalue weighted by Gasteiger charge is 1.85. The Bertz CT molecular complexity index is 74.6. The van der Waals surface area contributed by atoms with Gasteiger partial charge in [0.25, 0.3) is 0 Å². The van der Waals surface area contributed by atoms with Gasteiger partial charge in [-0.25, -0.2) is 0 Å². The van der Waals surface area contributed by atoms with Crippen LogP contribution in [0.4, 0.5) is 0 Å². The quantitative estimate of drug-likeness (QED) is 0.574. The lowest BCUT2D eigenvalue weighted by Crippen LogP contribution is -1.82. The zero-order chi connectivity index (χ0) is 7.11. The largest absolute Gasteiger partial charge is 0.396 e. The molecule has 1 nitrogen and oxygen atoms in total. The molecule has 0 rings (SSSR count). The third kappa shape index (κ3) is 7.70. The van der Waals surface area contributed by atoms with Crippen molar-refractivity contribution in [2.75, 3.05) is 6.61 Å². The normalized spacial score (nSPS) is 11.6. The lowest BCUT2D eigenvalue weighted by Gasteiger charge is -1.95. The second-order valence-electron chi connectivity index (χ2n) is 2.61. The molecule has 9 heavy (non-hydrogen) atoms. The maximum absolute atomic E-state index is 8.38. The maximum atomic E-state index is 8.38. The molecule has 0 aromatic carbocycles. The van der Waals surface area contributed by atoms with Crippen molar-refractivity contribution < 1.29 is 5.11 Å². The van der Waals surface area contributed by atoms with Crippen LogP contribution in [0.25, 0.3) is 0 Å². The van der Waals surface area contributed by atoms with Gasteiger partial charge in [0.05, 0.1) is 0 Å². The van der Waals surface area contributed by atoms with Gasteiger partial charge in [0.15, 0.2) is 0 Å². The van der Waals surface area contributed by atoms with Crippen LogP contribution in [0.3, 0.4) is 0 Å². The van der Waals surface area contributed by atoms with E-state index in [4.69, 9.17) is 5.11 Å². The van der Waals surface area contributed by atoms with E-state index in [1.54, 1.807) is 0 Å². The highest BCUT2D eigenvalue weighted by molar-refractivity contribution is 4.81. The Morgan fingerprint density at radius 2 is 2.00 bits per heavy atom. The van der Waals surface area contributed by atoms with Crippen LogP contribution in [0.2, 0.25) is 0 Å². The molecular formula is C8H16O. The minimum absolute atomic E-state index is 0.272. The van der Waals surface area contributed by atoms with E-state index in [2.05, 4.69) is 19.9 Å². The van der Waals surface area contributed by atoms with Gasteiger partial charge in [-0.15, -0.1) is 0 Å². The van der Waals surface area contributed by atoms with Crippen molar-refractivity contribution in [3.63, 3.8) is 0 Å². The molecule has 54 valence electrons. The molecule has 0 bridgehead atoms. The molecule has 0 spiro atoms. The van der Waals surface area contributed by atoms with Crippen molar-refractivity contribution in [3.8, 4) is 0 Å². The average Bonchev–Trinajstić information content (AvgIpc) is 1.80.